The number of carbonyl (C=O) groups excluding carboxylic acids is 2. The molecule has 0 spiro atoms. The van der Waals surface area contributed by atoms with Crippen molar-refractivity contribution in [1.29, 1.82) is 0 Å². The zero-order valence-corrected chi connectivity index (χ0v) is 15.9. The lowest BCUT2D eigenvalue weighted by atomic mass is 10.2. The number of nitrogens with one attached hydrogen (secondary N) is 1. The monoisotopic (exact) mass is 374 g/mol. The number of benzene rings is 1. The van der Waals surface area contributed by atoms with Crippen molar-refractivity contribution in [2.45, 2.75) is 6.92 Å². The molecule has 2 aromatic rings. The van der Waals surface area contributed by atoms with Gasteiger partial charge in [0.15, 0.2) is 5.13 Å². The first-order valence-corrected chi connectivity index (χ1v) is 9.23. The molecule has 0 unspecified atom stereocenters. The first kappa shape index (κ1) is 18.2. The van der Waals surface area contributed by atoms with Crippen molar-refractivity contribution in [2.75, 3.05) is 50.6 Å². The van der Waals surface area contributed by atoms with Gasteiger partial charge in [0.25, 0.3) is 5.91 Å². The Balaban J connectivity index is 1.62. The van der Waals surface area contributed by atoms with Crippen LogP contribution in [0.3, 0.4) is 0 Å². The summed E-state index contributed by atoms with van der Waals surface area (Å²) >= 11 is 1.39. The zero-order chi connectivity index (χ0) is 18.7. The van der Waals surface area contributed by atoms with Crippen LogP contribution in [0.25, 0.3) is 0 Å². The number of amides is 1. The number of piperazine rings is 1. The van der Waals surface area contributed by atoms with Crippen molar-refractivity contribution < 1.29 is 14.3 Å². The molecule has 0 bridgehead atoms. The third-order valence-electron chi connectivity index (χ3n) is 4.43. The third-order valence-corrected chi connectivity index (χ3v) is 5.59. The molecule has 138 valence electrons. The summed E-state index contributed by atoms with van der Waals surface area (Å²) < 4.78 is 4.72. The molecule has 1 aromatic carbocycles. The second-order valence-corrected chi connectivity index (χ2v) is 7.00. The Hall–Kier alpha value is -2.61. The quantitative estimate of drug-likeness (QED) is 0.828. The Morgan fingerprint density at radius 1 is 1.15 bits per heavy atom. The largest absolute Gasteiger partial charge is 0.465 e. The molecule has 1 aliphatic heterocycles. The molecule has 1 amide bonds. The van der Waals surface area contributed by atoms with Gasteiger partial charge in [0.2, 0.25) is 0 Å². The summed E-state index contributed by atoms with van der Waals surface area (Å²) in [6.07, 6.45) is 0. The molecule has 1 aliphatic rings. The predicted octanol–water partition coefficient (Wildman–Crippen LogP) is 2.24. The minimum atomic E-state index is -0.340. The van der Waals surface area contributed by atoms with Gasteiger partial charge in [-0.05, 0) is 31.2 Å². The van der Waals surface area contributed by atoms with Gasteiger partial charge in [0, 0.05) is 38.9 Å². The normalized spacial score (nSPS) is 14.3. The maximum atomic E-state index is 12.7. The van der Waals surface area contributed by atoms with Gasteiger partial charge in [-0.3, -0.25) is 4.79 Å². The molecule has 26 heavy (non-hydrogen) atoms. The van der Waals surface area contributed by atoms with Crippen molar-refractivity contribution >= 4 is 34.0 Å². The van der Waals surface area contributed by atoms with E-state index in [0.29, 0.717) is 23.5 Å². The van der Waals surface area contributed by atoms with Crippen molar-refractivity contribution in [2.24, 2.45) is 0 Å². The number of nitrogens with zero attached hydrogens (tertiary/aromatic N) is 3. The van der Waals surface area contributed by atoms with E-state index in [1.54, 1.807) is 19.2 Å². The number of carbonyl (C=O) groups is 2. The van der Waals surface area contributed by atoms with Crippen LogP contribution in [-0.2, 0) is 4.74 Å². The van der Waals surface area contributed by atoms with E-state index < -0.39 is 0 Å². The number of rotatable bonds is 4. The highest BCUT2D eigenvalue weighted by Crippen LogP contribution is 2.25. The van der Waals surface area contributed by atoms with E-state index >= 15 is 0 Å². The third kappa shape index (κ3) is 3.65. The molecule has 1 N–H and O–H groups in total. The van der Waals surface area contributed by atoms with Crippen LogP contribution >= 0.6 is 11.3 Å². The summed E-state index contributed by atoms with van der Waals surface area (Å²) in [7, 11) is 3.17. The molecule has 1 saturated heterocycles. The molecule has 1 aromatic heterocycles. The lowest BCUT2D eigenvalue weighted by molar-refractivity contribution is 0.0600. The van der Waals surface area contributed by atoms with Crippen LogP contribution in [-0.4, -0.2) is 62.1 Å². The van der Waals surface area contributed by atoms with E-state index in [1.165, 1.54) is 18.4 Å². The summed E-state index contributed by atoms with van der Waals surface area (Å²) in [6.45, 7) is 4.68. The molecule has 8 heteroatoms. The number of esters is 1. The van der Waals surface area contributed by atoms with E-state index in [2.05, 4.69) is 15.2 Å². The summed E-state index contributed by atoms with van der Waals surface area (Å²) in [4.78, 5) is 33.4. The lowest BCUT2D eigenvalue weighted by Crippen LogP contribution is -2.48. The minimum Gasteiger partial charge on any atom is -0.465 e. The Bertz CT molecular complexity index is 795. The van der Waals surface area contributed by atoms with Gasteiger partial charge in [-0.15, -0.1) is 0 Å². The van der Waals surface area contributed by atoms with Crippen molar-refractivity contribution in [3.63, 3.8) is 0 Å². The molecule has 0 aliphatic carbocycles. The van der Waals surface area contributed by atoms with Crippen LogP contribution in [0.2, 0.25) is 0 Å². The van der Waals surface area contributed by atoms with Gasteiger partial charge in [-0.25, -0.2) is 9.78 Å². The van der Waals surface area contributed by atoms with Crippen LogP contribution in [0.4, 0.5) is 10.8 Å². The molecule has 0 radical (unpaired) electrons. The van der Waals surface area contributed by atoms with Crippen LogP contribution in [0, 0.1) is 6.92 Å². The van der Waals surface area contributed by atoms with Crippen LogP contribution in [0.15, 0.2) is 24.3 Å². The number of methoxy groups -OCH3 is 1. The minimum absolute atomic E-state index is 0.0437. The number of aromatic nitrogens is 1. The zero-order valence-electron chi connectivity index (χ0n) is 15.1. The number of anilines is 2. The van der Waals surface area contributed by atoms with Gasteiger partial charge in [0.05, 0.1) is 18.4 Å². The molecule has 0 atom stereocenters. The van der Waals surface area contributed by atoms with E-state index in [1.807, 2.05) is 24.0 Å². The van der Waals surface area contributed by atoms with Crippen molar-refractivity contribution in [1.82, 2.24) is 9.88 Å². The highest BCUT2D eigenvalue weighted by molar-refractivity contribution is 7.17. The van der Waals surface area contributed by atoms with Crippen LogP contribution in [0.5, 0.6) is 0 Å². The average molecular weight is 374 g/mol. The maximum absolute atomic E-state index is 12.7. The average Bonchev–Trinajstić information content (AvgIpc) is 3.08. The predicted molar refractivity (Wildman–Crippen MR) is 102 cm³/mol. The fraction of sp³-hybridized carbons (Fsp3) is 0.389. The number of hydrogen-bond acceptors (Lipinski definition) is 7. The van der Waals surface area contributed by atoms with E-state index in [9.17, 15) is 9.59 Å². The first-order valence-electron chi connectivity index (χ1n) is 8.41. The second-order valence-electron chi connectivity index (χ2n) is 6.00. The van der Waals surface area contributed by atoms with Gasteiger partial charge in [0.1, 0.15) is 4.88 Å². The molecule has 1 fully saturated rings. The molecule has 7 nitrogen and oxygen atoms in total. The van der Waals surface area contributed by atoms with E-state index in [4.69, 9.17) is 4.74 Å². The number of aryl methyl sites for hydroxylation is 1. The highest BCUT2D eigenvalue weighted by atomic mass is 32.1. The summed E-state index contributed by atoms with van der Waals surface area (Å²) in [5.41, 5.74) is 2.34. The van der Waals surface area contributed by atoms with Crippen LogP contribution in [0.1, 0.15) is 25.7 Å². The van der Waals surface area contributed by atoms with Crippen molar-refractivity contribution in [3.8, 4) is 0 Å². The highest BCUT2D eigenvalue weighted by Gasteiger charge is 2.25. The Morgan fingerprint density at radius 2 is 1.81 bits per heavy atom. The summed E-state index contributed by atoms with van der Waals surface area (Å²) in [5.74, 6) is -0.296. The second kappa shape index (κ2) is 7.74. The molecular weight excluding hydrogens is 352 g/mol. The first-order chi connectivity index (χ1) is 12.5. The number of hydrogen-bond donors (Lipinski definition) is 1. The Kier molecular flexibility index (Phi) is 5.41. The van der Waals surface area contributed by atoms with Gasteiger partial charge < -0.3 is 19.9 Å². The lowest BCUT2D eigenvalue weighted by Gasteiger charge is -2.36. The smallest absolute Gasteiger partial charge is 0.337 e. The fourth-order valence-electron chi connectivity index (χ4n) is 2.94. The molecule has 2 heterocycles. The maximum Gasteiger partial charge on any atom is 0.337 e. The topological polar surface area (TPSA) is 74.8 Å². The molecule has 0 saturated carbocycles. The van der Waals surface area contributed by atoms with Crippen molar-refractivity contribution in [3.05, 3.63) is 40.4 Å². The van der Waals surface area contributed by atoms with E-state index in [0.717, 1.165) is 29.6 Å². The number of thiazole rings is 1. The fourth-order valence-corrected chi connectivity index (χ4v) is 3.83. The summed E-state index contributed by atoms with van der Waals surface area (Å²) in [5, 5.41) is 3.75. The Labute approximate surface area is 156 Å². The molecular formula is C18H22N4O3S. The van der Waals surface area contributed by atoms with Gasteiger partial charge in [-0.2, -0.15) is 0 Å². The van der Waals surface area contributed by atoms with E-state index in [-0.39, 0.29) is 11.9 Å². The molecule has 3 rings (SSSR count). The van der Waals surface area contributed by atoms with Crippen LogP contribution < -0.4 is 10.2 Å². The SMILES string of the molecule is CNc1nc(C)c(C(=O)N2CCN(c3ccc(C(=O)OC)cc3)CC2)s1. The number of ether oxygens (including phenoxy) is 1. The van der Waals surface area contributed by atoms with Gasteiger partial charge in [-0.1, -0.05) is 11.3 Å². The van der Waals surface area contributed by atoms with Gasteiger partial charge >= 0.3 is 5.97 Å². The summed E-state index contributed by atoms with van der Waals surface area (Å²) in [6, 6.07) is 7.35. The Morgan fingerprint density at radius 3 is 2.35 bits per heavy atom. The standard InChI is InChI=1S/C18H22N4O3S/c1-12-15(26-18(19-2)20-12)16(23)22-10-8-21(9-11-22)14-6-4-13(5-7-14)17(24)25-3/h4-7H,8-11H2,1-3H3,(H,19,20).